The van der Waals surface area contributed by atoms with Crippen LogP contribution in [0.25, 0.3) is 5.65 Å². The van der Waals surface area contributed by atoms with Gasteiger partial charge in [-0.15, -0.1) is 0 Å². The molecular weight excluding hydrogens is 298 g/mol. The van der Waals surface area contributed by atoms with Gasteiger partial charge in [-0.25, -0.2) is 9.78 Å². The van der Waals surface area contributed by atoms with Crippen LogP contribution >= 0.6 is 0 Å². The van der Waals surface area contributed by atoms with E-state index in [1.807, 2.05) is 0 Å². The summed E-state index contributed by atoms with van der Waals surface area (Å²) in [5.41, 5.74) is 0.382. The Bertz CT molecular complexity index is 739. The molecule has 0 unspecified atom stereocenters. The number of nitrogens with one attached hydrogen (secondary N) is 2. The number of pyridine rings is 1. The minimum Gasteiger partial charge on any atom is -0.379 e. The van der Waals surface area contributed by atoms with Gasteiger partial charge in [-0.2, -0.15) is 0 Å². The third kappa shape index (κ3) is 3.85. The topological polar surface area (TPSA) is 88.0 Å². The first-order chi connectivity index (χ1) is 11.2. The SMILES string of the molecule is O=C(NCCN1CCOCC1)Nc1cnc2ccccn2c1=O. The van der Waals surface area contributed by atoms with Gasteiger partial charge in [-0.1, -0.05) is 6.07 Å². The van der Waals surface area contributed by atoms with Crippen molar-refractivity contribution in [2.75, 3.05) is 44.7 Å². The highest BCUT2D eigenvalue weighted by Crippen LogP contribution is 2.01. The number of rotatable bonds is 4. The van der Waals surface area contributed by atoms with E-state index in [9.17, 15) is 9.59 Å². The van der Waals surface area contributed by atoms with E-state index in [4.69, 9.17) is 4.74 Å². The minimum atomic E-state index is -0.409. The predicted octanol–water partition coefficient (Wildman–Crippen LogP) is 0.148. The van der Waals surface area contributed by atoms with Crippen LogP contribution in [-0.2, 0) is 4.74 Å². The van der Waals surface area contributed by atoms with E-state index in [0.29, 0.717) is 12.2 Å². The maximum atomic E-state index is 12.2. The van der Waals surface area contributed by atoms with E-state index >= 15 is 0 Å². The van der Waals surface area contributed by atoms with E-state index in [-0.39, 0.29) is 11.2 Å². The third-order valence-electron chi connectivity index (χ3n) is 3.68. The average Bonchev–Trinajstić information content (AvgIpc) is 2.59. The number of hydrogen-bond acceptors (Lipinski definition) is 5. The van der Waals surface area contributed by atoms with Crippen molar-refractivity contribution in [3.05, 3.63) is 40.9 Å². The predicted molar refractivity (Wildman–Crippen MR) is 85.7 cm³/mol. The first kappa shape index (κ1) is 15.4. The van der Waals surface area contributed by atoms with Crippen LogP contribution in [0.5, 0.6) is 0 Å². The number of urea groups is 1. The maximum Gasteiger partial charge on any atom is 0.319 e. The molecule has 1 aliphatic heterocycles. The lowest BCUT2D eigenvalue weighted by Gasteiger charge is -2.26. The highest BCUT2D eigenvalue weighted by Gasteiger charge is 2.11. The zero-order valence-corrected chi connectivity index (χ0v) is 12.7. The Morgan fingerprint density at radius 2 is 2.13 bits per heavy atom. The van der Waals surface area contributed by atoms with Crippen molar-refractivity contribution in [1.29, 1.82) is 0 Å². The molecule has 122 valence electrons. The molecule has 2 aromatic heterocycles. The first-order valence-corrected chi connectivity index (χ1v) is 7.55. The number of morpholine rings is 1. The second kappa shape index (κ2) is 7.21. The standard InChI is InChI=1S/C15H19N5O3/c21-14-12(11-17-13-3-1-2-5-20(13)14)18-15(22)16-4-6-19-7-9-23-10-8-19/h1-3,5,11H,4,6-10H2,(H2,16,18,22). The normalized spacial score (nSPS) is 15.5. The van der Waals surface area contributed by atoms with Crippen LogP contribution in [0.3, 0.4) is 0 Å². The monoisotopic (exact) mass is 317 g/mol. The fraction of sp³-hybridized carbons (Fsp3) is 0.400. The second-order valence-electron chi connectivity index (χ2n) is 5.24. The summed E-state index contributed by atoms with van der Waals surface area (Å²) in [7, 11) is 0. The van der Waals surface area contributed by atoms with Crippen LogP contribution in [0.4, 0.5) is 10.5 Å². The zero-order valence-electron chi connectivity index (χ0n) is 12.7. The number of carbonyl (C=O) groups excluding carboxylic acids is 1. The summed E-state index contributed by atoms with van der Waals surface area (Å²) in [6.45, 7) is 4.47. The van der Waals surface area contributed by atoms with Crippen molar-refractivity contribution >= 4 is 17.4 Å². The molecule has 2 N–H and O–H groups in total. The lowest BCUT2D eigenvalue weighted by atomic mass is 10.4. The summed E-state index contributed by atoms with van der Waals surface area (Å²) in [4.78, 5) is 30.5. The molecule has 2 amide bonds. The summed E-state index contributed by atoms with van der Waals surface area (Å²) < 4.78 is 6.66. The van der Waals surface area contributed by atoms with Crippen LogP contribution < -0.4 is 16.2 Å². The molecule has 0 radical (unpaired) electrons. The molecule has 1 fully saturated rings. The average molecular weight is 317 g/mol. The molecule has 0 atom stereocenters. The number of amides is 2. The van der Waals surface area contributed by atoms with E-state index in [1.54, 1.807) is 24.4 Å². The molecule has 0 aliphatic carbocycles. The molecule has 3 heterocycles. The van der Waals surface area contributed by atoms with Gasteiger partial charge in [0.05, 0.1) is 19.4 Å². The van der Waals surface area contributed by atoms with Crippen molar-refractivity contribution in [3.63, 3.8) is 0 Å². The van der Waals surface area contributed by atoms with Crippen LogP contribution in [0.1, 0.15) is 0 Å². The molecular formula is C15H19N5O3. The smallest absolute Gasteiger partial charge is 0.319 e. The Hall–Kier alpha value is -2.45. The van der Waals surface area contributed by atoms with E-state index in [0.717, 1.165) is 32.8 Å². The van der Waals surface area contributed by atoms with Crippen molar-refractivity contribution in [1.82, 2.24) is 19.6 Å². The number of anilines is 1. The highest BCUT2D eigenvalue weighted by molar-refractivity contribution is 5.88. The quantitative estimate of drug-likeness (QED) is 0.838. The van der Waals surface area contributed by atoms with Gasteiger partial charge in [0, 0.05) is 32.4 Å². The van der Waals surface area contributed by atoms with Crippen molar-refractivity contribution in [2.24, 2.45) is 0 Å². The van der Waals surface area contributed by atoms with Crippen LogP contribution in [0, 0.1) is 0 Å². The number of ether oxygens (including phenoxy) is 1. The summed E-state index contributed by atoms with van der Waals surface area (Å²) in [5, 5.41) is 5.30. The molecule has 23 heavy (non-hydrogen) atoms. The number of hydrogen-bond donors (Lipinski definition) is 2. The molecule has 1 saturated heterocycles. The lowest BCUT2D eigenvalue weighted by molar-refractivity contribution is 0.0388. The first-order valence-electron chi connectivity index (χ1n) is 7.55. The van der Waals surface area contributed by atoms with E-state index < -0.39 is 6.03 Å². The molecule has 0 bridgehead atoms. The van der Waals surface area contributed by atoms with Crippen molar-refractivity contribution < 1.29 is 9.53 Å². The molecule has 0 saturated carbocycles. The number of nitrogens with zero attached hydrogens (tertiary/aromatic N) is 3. The van der Waals surface area contributed by atoms with Crippen molar-refractivity contribution in [3.8, 4) is 0 Å². The summed E-state index contributed by atoms with van der Waals surface area (Å²) >= 11 is 0. The van der Waals surface area contributed by atoms with Gasteiger partial charge in [0.25, 0.3) is 5.56 Å². The van der Waals surface area contributed by atoms with Gasteiger partial charge in [-0.3, -0.25) is 14.1 Å². The Kier molecular flexibility index (Phi) is 4.84. The number of fused-ring (bicyclic) bond motifs is 1. The molecule has 1 aliphatic rings. The Morgan fingerprint density at radius 1 is 1.30 bits per heavy atom. The molecule has 8 nitrogen and oxygen atoms in total. The largest absolute Gasteiger partial charge is 0.379 e. The zero-order chi connectivity index (χ0) is 16.1. The number of aromatic nitrogens is 2. The second-order valence-corrected chi connectivity index (χ2v) is 5.24. The Morgan fingerprint density at radius 3 is 2.96 bits per heavy atom. The van der Waals surface area contributed by atoms with Gasteiger partial charge in [-0.05, 0) is 12.1 Å². The maximum absolute atomic E-state index is 12.2. The molecule has 3 rings (SSSR count). The van der Waals surface area contributed by atoms with Crippen LogP contribution in [-0.4, -0.2) is 59.7 Å². The Labute approximate surface area is 133 Å². The van der Waals surface area contributed by atoms with Gasteiger partial charge < -0.3 is 15.4 Å². The van der Waals surface area contributed by atoms with E-state index in [1.165, 1.54) is 10.6 Å². The highest BCUT2D eigenvalue weighted by atomic mass is 16.5. The third-order valence-corrected chi connectivity index (χ3v) is 3.68. The lowest BCUT2D eigenvalue weighted by Crippen LogP contribution is -2.42. The van der Waals surface area contributed by atoms with Crippen LogP contribution in [0.2, 0.25) is 0 Å². The summed E-state index contributed by atoms with van der Waals surface area (Å²) in [6.07, 6.45) is 2.99. The van der Waals surface area contributed by atoms with Crippen LogP contribution in [0.15, 0.2) is 35.4 Å². The fourth-order valence-electron chi connectivity index (χ4n) is 2.43. The molecule has 0 spiro atoms. The minimum absolute atomic E-state index is 0.151. The van der Waals surface area contributed by atoms with Gasteiger partial charge in [0.2, 0.25) is 0 Å². The summed E-state index contributed by atoms with van der Waals surface area (Å²) in [6, 6.07) is 4.86. The van der Waals surface area contributed by atoms with Gasteiger partial charge in [0.15, 0.2) is 0 Å². The van der Waals surface area contributed by atoms with Gasteiger partial charge >= 0.3 is 6.03 Å². The molecule has 0 aromatic carbocycles. The van der Waals surface area contributed by atoms with Crippen molar-refractivity contribution in [2.45, 2.75) is 0 Å². The van der Waals surface area contributed by atoms with Gasteiger partial charge in [0.1, 0.15) is 11.3 Å². The fourth-order valence-corrected chi connectivity index (χ4v) is 2.43. The summed E-state index contributed by atoms with van der Waals surface area (Å²) in [5.74, 6) is 0. The van der Waals surface area contributed by atoms with E-state index in [2.05, 4.69) is 20.5 Å². The Balaban J connectivity index is 1.55. The molecule has 2 aromatic rings. The number of carbonyl (C=O) groups is 1. The molecule has 8 heteroatoms.